The summed E-state index contributed by atoms with van der Waals surface area (Å²) < 4.78 is 29.4. The summed E-state index contributed by atoms with van der Waals surface area (Å²) in [5, 5.41) is 0. The number of esters is 3. The van der Waals surface area contributed by atoms with Gasteiger partial charge in [0.15, 0.2) is 24.6 Å². The lowest BCUT2D eigenvalue weighted by Crippen LogP contribution is -2.62. The van der Waals surface area contributed by atoms with Crippen LogP contribution in [0.2, 0.25) is 0 Å². The fourth-order valence-corrected chi connectivity index (χ4v) is 4.60. The van der Waals surface area contributed by atoms with E-state index in [0.29, 0.717) is 15.6 Å². The standard InChI is InChI=1S/C28H25IO8/c1-33-28-24(37-27(32)20-15-9-4-10-16-20)23(36-26(31)19-13-7-3-8-14-19)22(21(17-29)34-28)35-25(30)18-11-5-2-6-12-18/h2-16,21-24,28H,17H2,1H3/t21-,22+,23+,24-,28-/m0/s1. The minimum atomic E-state index is -1.22. The van der Waals surface area contributed by atoms with Gasteiger partial charge in [0.25, 0.3) is 0 Å². The molecule has 0 aliphatic carbocycles. The van der Waals surface area contributed by atoms with Gasteiger partial charge in [0, 0.05) is 11.5 Å². The van der Waals surface area contributed by atoms with E-state index in [1.807, 2.05) is 0 Å². The average Bonchev–Trinajstić information content (AvgIpc) is 2.95. The van der Waals surface area contributed by atoms with E-state index in [4.69, 9.17) is 23.7 Å². The molecule has 5 atom stereocenters. The van der Waals surface area contributed by atoms with Crippen molar-refractivity contribution in [1.82, 2.24) is 0 Å². The summed E-state index contributed by atoms with van der Waals surface area (Å²) in [5.74, 6) is -1.97. The van der Waals surface area contributed by atoms with Crippen molar-refractivity contribution in [3.05, 3.63) is 108 Å². The summed E-state index contributed by atoms with van der Waals surface area (Å²) in [6, 6.07) is 25.2. The molecule has 1 aliphatic rings. The van der Waals surface area contributed by atoms with E-state index in [2.05, 4.69) is 22.6 Å². The normalized spacial score (nSPS) is 23.0. The van der Waals surface area contributed by atoms with Gasteiger partial charge in [0.1, 0.15) is 6.10 Å². The van der Waals surface area contributed by atoms with Crippen molar-refractivity contribution in [2.24, 2.45) is 0 Å². The van der Waals surface area contributed by atoms with Gasteiger partial charge in [-0.25, -0.2) is 14.4 Å². The molecule has 1 heterocycles. The molecule has 192 valence electrons. The number of ether oxygens (including phenoxy) is 5. The molecule has 0 saturated carbocycles. The van der Waals surface area contributed by atoms with Crippen molar-refractivity contribution in [3.8, 4) is 0 Å². The molecule has 4 rings (SSSR count). The third kappa shape index (κ3) is 6.54. The molecule has 8 nitrogen and oxygen atoms in total. The highest BCUT2D eigenvalue weighted by Gasteiger charge is 2.52. The van der Waals surface area contributed by atoms with Crippen LogP contribution in [0.3, 0.4) is 0 Å². The number of halogens is 1. The highest BCUT2D eigenvalue weighted by Crippen LogP contribution is 2.31. The minimum absolute atomic E-state index is 0.287. The summed E-state index contributed by atoms with van der Waals surface area (Å²) in [6.45, 7) is 0. The number of alkyl halides is 1. The summed E-state index contributed by atoms with van der Waals surface area (Å²) in [4.78, 5) is 39.1. The zero-order chi connectivity index (χ0) is 26.2. The Bertz CT molecular complexity index is 1120. The van der Waals surface area contributed by atoms with Crippen LogP contribution in [-0.4, -0.2) is 60.2 Å². The van der Waals surface area contributed by atoms with E-state index < -0.39 is 48.6 Å². The maximum atomic E-state index is 13.1. The maximum absolute atomic E-state index is 13.1. The minimum Gasteiger partial charge on any atom is -0.452 e. The monoisotopic (exact) mass is 616 g/mol. The molecule has 0 bridgehead atoms. The lowest BCUT2D eigenvalue weighted by Gasteiger charge is -2.43. The average molecular weight is 616 g/mol. The highest BCUT2D eigenvalue weighted by atomic mass is 127. The second kappa shape index (κ2) is 12.8. The van der Waals surface area contributed by atoms with E-state index in [1.54, 1.807) is 91.0 Å². The number of hydrogen-bond donors (Lipinski definition) is 0. The van der Waals surface area contributed by atoms with Crippen LogP contribution in [0, 0.1) is 0 Å². The molecule has 37 heavy (non-hydrogen) atoms. The largest absolute Gasteiger partial charge is 0.452 e. The van der Waals surface area contributed by atoms with Gasteiger partial charge in [-0.1, -0.05) is 77.2 Å². The molecule has 1 aliphatic heterocycles. The molecule has 3 aromatic rings. The number of carbonyl (C=O) groups excluding carboxylic acids is 3. The first-order valence-corrected chi connectivity index (χ1v) is 13.1. The molecular formula is C28H25IO8. The first-order chi connectivity index (χ1) is 18.0. The molecule has 0 unspecified atom stereocenters. The zero-order valence-corrected chi connectivity index (χ0v) is 22.1. The van der Waals surface area contributed by atoms with Crippen molar-refractivity contribution < 1.29 is 38.1 Å². The van der Waals surface area contributed by atoms with Crippen LogP contribution in [0.25, 0.3) is 0 Å². The van der Waals surface area contributed by atoms with Crippen LogP contribution in [0.1, 0.15) is 31.1 Å². The Hall–Kier alpha value is -3.28. The molecular weight excluding hydrogens is 591 g/mol. The van der Waals surface area contributed by atoms with E-state index in [9.17, 15) is 14.4 Å². The second-order valence-corrected chi connectivity index (χ2v) is 9.02. The number of rotatable bonds is 8. The van der Waals surface area contributed by atoms with Crippen LogP contribution >= 0.6 is 22.6 Å². The summed E-state index contributed by atoms with van der Waals surface area (Å²) >= 11 is 2.09. The fourth-order valence-electron chi connectivity index (χ4n) is 3.89. The van der Waals surface area contributed by atoms with Gasteiger partial charge in [0.2, 0.25) is 0 Å². The Morgan fingerprint density at radius 1 is 0.649 bits per heavy atom. The molecule has 0 radical (unpaired) electrons. The summed E-state index contributed by atoms with van der Waals surface area (Å²) in [7, 11) is 1.39. The van der Waals surface area contributed by atoms with Crippen molar-refractivity contribution in [2.75, 3.05) is 11.5 Å². The molecule has 0 aromatic heterocycles. The van der Waals surface area contributed by atoms with Gasteiger partial charge < -0.3 is 23.7 Å². The molecule has 9 heteroatoms. The van der Waals surface area contributed by atoms with E-state index in [-0.39, 0.29) is 5.56 Å². The Labute approximate surface area is 228 Å². The number of hydrogen-bond acceptors (Lipinski definition) is 8. The van der Waals surface area contributed by atoms with Crippen LogP contribution in [0.15, 0.2) is 91.0 Å². The second-order valence-electron chi connectivity index (χ2n) is 8.14. The Kier molecular flexibility index (Phi) is 9.26. The fraction of sp³-hybridized carbons (Fsp3) is 0.250. The predicted octanol–water partition coefficient (Wildman–Crippen LogP) is 4.47. The molecule has 3 aromatic carbocycles. The zero-order valence-electron chi connectivity index (χ0n) is 19.9. The molecule has 1 saturated heterocycles. The van der Waals surface area contributed by atoms with Crippen molar-refractivity contribution in [1.29, 1.82) is 0 Å². The van der Waals surface area contributed by atoms with Crippen LogP contribution in [0.4, 0.5) is 0 Å². The third-order valence-corrected chi connectivity index (χ3v) is 6.60. The van der Waals surface area contributed by atoms with Gasteiger partial charge in [0.05, 0.1) is 16.7 Å². The van der Waals surface area contributed by atoms with E-state index >= 15 is 0 Å². The summed E-state index contributed by atoms with van der Waals surface area (Å²) in [6.07, 6.45) is -5.31. The third-order valence-electron chi connectivity index (χ3n) is 5.73. The maximum Gasteiger partial charge on any atom is 0.338 e. The van der Waals surface area contributed by atoms with Crippen LogP contribution < -0.4 is 0 Å². The van der Waals surface area contributed by atoms with Crippen molar-refractivity contribution in [2.45, 2.75) is 30.7 Å². The number of carbonyl (C=O) groups is 3. The first kappa shape index (κ1) is 26.8. The lowest BCUT2D eigenvalue weighted by atomic mass is 9.98. The quantitative estimate of drug-likeness (QED) is 0.158. The Balaban J connectivity index is 1.69. The van der Waals surface area contributed by atoms with Gasteiger partial charge >= 0.3 is 17.9 Å². The lowest BCUT2D eigenvalue weighted by molar-refractivity contribution is -0.282. The van der Waals surface area contributed by atoms with Gasteiger partial charge in [-0.2, -0.15) is 0 Å². The Morgan fingerprint density at radius 2 is 1.03 bits per heavy atom. The van der Waals surface area contributed by atoms with Crippen LogP contribution in [0.5, 0.6) is 0 Å². The SMILES string of the molecule is CO[C@H]1O[C@@H](CI)[C@@H](OC(=O)c2ccccc2)[C@@H](OC(=O)c2ccccc2)[C@@H]1OC(=O)c1ccccc1. The number of benzene rings is 3. The Morgan fingerprint density at radius 3 is 1.41 bits per heavy atom. The predicted molar refractivity (Wildman–Crippen MR) is 141 cm³/mol. The van der Waals surface area contributed by atoms with Gasteiger partial charge in [-0.3, -0.25) is 0 Å². The molecule has 0 N–H and O–H groups in total. The topological polar surface area (TPSA) is 97.4 Å². The number of methoxy groups -OCH3 is 1. The van der Waals surface area contributed by atoms with Crippen LogP contribution in [-0.2, 0) is 23.7 Å². The molecule has 0 amide bonds. The molecule has 0 spiro atoms. The smallest absolute Gasteiger partial charge is 0.338 e. The summed E-state index contributed by atoms with van der Waals surface area (Å²) in [5.41, 5.74) is 0.893. The van der Waals surface area contributed by atoms with Gasteiger partial charge in [-0.15, -0.1) is 0 Å². The first-order valence-electron chi connectivity index (χ1n) is 11.5. The van der Waals surface area contributed by atoms with Gasteiger partial charge in [-0.05, 0) is 36.4 Å². The van der Waals surface area contributed by atoms with Crippen molar-refractivity contribution >= 4 is 40.5 Å². The molecule has 1 fully saturated rings. The van der Waals surface area contributed by atoms with Crippen molar-refractivity contribution in [3.63, 3.8) is 0 Å². The van der Waals surface area contributed by atoms with E-state index in [1.165, 1.54) is 7.11 Å². The van der Waals surface area contributed by atoms with E-state index in [0.717, 1.165) is 0 Å². The highest BCUT2D eigenvalue weighted by molar-refractivity contribution is 14.1.